The topological polar surface area (TPSA) is 81.3 Å². The van der Waals surface area contributed by atoms with Gasteiger partial charge >= 0.3 is 5.69 Å². The van der Waals surface area contributed by atoms with E-state index < -0.39 is 4.92 Å². The lowest BCUT2D eigenvalue weighted by atomic mass is 10.3. The highest BCUT2D eigenvalue weighted by molar-refractivity contribution is 5.96. The number of aromatic nitrogens is 2. The second kappa shape index (κ2) is 3.92. The molecule has 0 atom stereocenters. The summed E-state index contributed by atoms with van der Waals surface area (Å²) in [5.74, 6) is -0.343. The summed E-state index contributed by atoms with van der Waals surface area (Å²) in [5, 5.41) is 14.6. The highest BCUT2D eigenvalue weighted by Crippen LogP contribution is 2.20. The molecule has 1 aromatic heterocycles. The van der Waals surface area contributed by atoms with E-state index in [1.165, 1.54) is 10.9 Å². The van der Waals surface area contributed by atoms with E-state index in [4.69, 9.17) is 0 Å². The van der Waals surface area contributed by atoms with Gasteiger partial charge in [0.2, 0.25) is 5.69 Å². The van der Waals surface area contributed by atoms with Gasteiger partial charge in [0, 0.05) is 20.1 Å². The molecule has 2 rings (SSSR count). The van der Waals surface area contributed by atoms with Crippen LogP contribution in [-0.2, 0) is 7.05 Å². The zero-order valence-corrected chi connectivity index (χ0v) is 8.92. The van der Waals surface area contributed by atoms with Crippen molar-refractivity contribution in [3.63, 3.8) is 0 Å². The smallest absolute Gasteiger partial charge is 0.320 e. The molecule has 0 aromatic carbocycles. The van der Waals surface area contributed by atoms with E-state index in [0.29, 0.717) is 13.1 Å². The molecule has 1 saturated heterocycles. The van der Waals surface area contributed by atoms with E-state index in [9.17, 15) is 14.9 Å². The summed E-state index contributed by atoms with van der Waals surface area (Å²) in [6, 6.07) is 0. The van der Waals surface area contributed by atoms with Gasteiger partial charge in [-0.1, -0.05) is 0 Å². The minimum absolute atomic E-state index is 0.0607. The molecule has 0 N–H and O–H groups in total. The van der Waals surface area contributed by atoms with Crippen molar-refractivity contribution in [1.29, 1.82) is 0 Å². The summed E-state index contributed by atoms with van der Waals surface area (Å²) in [4.78, 5) is 23.7. The first-order chi connectivity index (χ1) is 7.59. The van der Waals surface area contributed by atoms with Crippen LogP contribution in [0.2, 0.25) is 0 Å². The standard InChI is InChI=1S/C9H12N4O3/c1-11-6-7(13(15)16)8(10-11)9(14)12-4-2-3-5-12/h6H,2-5H2,1H3. The molecule has 0 aliphatic carbocycles. The van der Waals surface area contributed by atoms with E-state index in [0.717, 1.165) is 12.8 Å². The maximum Gasteiger partial charge on any atom is 0.320 e. The lowest BCUT2D eigenvalue weighted by Crippen LogP contribution is -2.28. The Bertz CT molecular complexity index is 434. The minimum Gasteiger partial charge on any atom is -0.337 e. The van der Waals surface area contributed by atoms with Gasteiger partial charge in [0.25, 0.3) is 5.91 Å². The van der Waals surface area contributed by atoms with Gasteiger partial charge in [-0.3, -0.25) is 19.6 Å². The third-order valence-corrected chi connectivity index (χ3v) is 2.60. The molecule has 1 aliphatic heterocycles. The Morgan fingerprint density at radius 1 is 1.50 bits per heavy atom. The number of carbonyl (C=O) groups excluding carboxylic acids is 1. The van der Waals surface area contributed by atoms with Crippen LogP contribution in [0.25, 0.3) is 0 Å². The molecule has 7 nitrogen and oxygen atoms in total. The molecular formula is C9H12N4O3. The molecule has 0 unspecified atom stereocenters. The normalized spacial score (nSPS) is 15.4. The van der Waals surface area contributed by atoms with Crippen molar-refractivity contribution in [1.82, 2.24) is 14.7 Å². The van der Waals surface area contributed by atoms with Crippen LogP contribution in [0.5, 0.6) is 0 Å². The quantitative estimate of drug-likeness (QED) is 0.543. The van der Waals surface area contributed by atoms with Gasteiger partial charge in [0.1, 0.15) is 6.20 Å². The summed E-state index contributed by atoms with van der Waals surface area (Å²) in [6.07, 6.45) is 3.15. The molecular weight excluding hydrogens is 212 g/mol. The van der Waals surface area contributed by atoms with Crippen molar-refractivity contribution in [2.24, 2.45) is 7.05 Å². The number of hydrogen-bond acceptors (Lipinski definition) is 4. The molecule has 0 radical (unpaired) electrons. The van der Waals surface area contributed by atoms with Crippen LogP contribution in [0.3, 0.4) is 0 Å². The van der Waals surface area contributed by atoms with Gasteiger partial charge < -0.3 is 4.90 Å². The van der Waals surface area contributed by atoms with Crippen LogP contribution < -0.4 is 0 Å². The van der Waals surface area contributed by atoms with E-state index in [1.54, 1.807) is 11.9 Å². The van der Waals surface area contributed by atoms with Gasteiger partial charge in [-0.15, -0.1) is 0 Å². The van der Waals surface area contributed by atoms with Crippen molar-refractivity contribution in [2.75, 3.05) is 13.1 Å². The molecule has 86 valence electrons. The fourth-order valence-corrected chi connectivity index (χ4v) is 1.83. The Hall–Kier alpha value is -1.92. The van der Waals surface area contributed by atoms with Crippen LogP contribution in [0, 0.1) is 10.1 Å². The first-order valence-corrected chi connectivity index (χ1v) is 5.07. The highest BCUT2D eigenvalue weighted by atomic mass is 16.6. The lowest BCUT2D eigenvalue weighted by molar-refractivity contribution is -0.385. The third kappa shape index (κ3) is 1.75. The largest absolute Gasteiger partial charge is 0.337 e. The van der Waals surface area contributed by atoms with Gasteiger partial charge in [0.05, 0.1) is 4.92 Å². The Balaban J connectivity index is 2.31. The van der Waals surface area contributed by atoms with Gasteiger partial charge in [0.15, 0.2) is 0 Å². The van der Waals surface area contributed by atoms with Crippen LogP contribution in [-0.4, -0.2) is 38.6 Å². The maximum atomic E-state index is 11.9. The fourth-order valence-electron chi connectivity index (χ4n) is 1.83. The second-order valence-corrected chi connectivity index (χ2v) is 3.79. The van der Waals surface area contributed by atoms with Crippen molar-refractivity contribution in [3.8, 4) is 0 Å². The molecule has 1 aliphatic rings. The zero-order valence-electron chi connectivity index (χ0n) is 8.92. The van der Waals surface area contributed by atoms with Crippen LogP contribution in [0.1, 0.15) is 23.3 Å². The Labute approximate surface area is 91.8 Å². The Kier molecular flexibility index (Phi) is 2.59. The van der Waals surface area contributed by atoms with E-state index in [-0.39, 0.29) is 17.3 Å². The number of likely N-dealkylation sites (tertiary alicyclic amines) is 1. The molecule has 1 amide bonds. The summed E-state index contributed by atoms with van der Waals surface area (Å²) in [5.41, 5.74) is -0.284. The van der Waals surface area contributed by atoms with Crippen LogP contribution in [0.15, 0.2) is 6.20 Å². The third-order valence-electron chi connectivity index (χ3n) is 2.60. The van der Waals surface area contributed by atoms with E-state index in [2.05, 4.69) is 5.10 Å². The van der Waals surface area contributed by atoms with E-state index >= 15 is 0 Å². The molecule has 0 bridgehead atoms. The van der Waals surface area contributed by atoms with Crippen molar-refractivity contribution < 1.29 is 9.72 Å². The van der Waals surface area contributed by atoms with Gasteiger partial charge in [-0.2, -0.15) is 5.10 Å². The summed E-state index contributed by atoms with van der Waals surface area (Å²) >= 11 is 0. The number of carbonyl (C=O) groups is 1. The molecule has 2 heterocycles. The predicted molar refractivity (Wildman–Crippen MR) is 55.0 cm³/mol. The molecule has 7 heteroatoms. The number of hydrogen-bond donors (Lipinski definition) is 0. The molecule has 1 aromatic rings. The first kappa shape index (κ1) is 10.6. The summed E-state index contributed by atoms with van der Waals surface area (Å²) in [7, 11) is 1.56. The average molecular weight is 224 g/mol. The SMILES string of the molecule is Cn1cc([N+](=O)[O-])c(C(=O)N2CCCC2)n1. The number of nitro groups is 1. The second-order valence-electron chi connectivity index (χ2n) is 3.79. The number of amides is 1. The zero-order chi connectivity index (χ0) is 11.7. The monoisotopic (exact) mass is 224 g/mol. The first-order valence-electron chi connectivity index (χ1n) is 5.07. The molecule has 0 spiro atoms. The van der Waals surface area contributed by atoms with Gasteiger partial charge in [-0.25, -0.2) is 0 Å². The van der Waals surface area contributed by atoms with Crippen LogP contribution >= 0.6 is 0 Å². The van der Waals surface area contributed by atoms with Crippen molar-refractivity contribution in [3.05, 3.63) is 22.0 Å². The van der Waals surface area contributed by atoms with Crippen molar-refractivity contribution in [2.45, 2.75) is 12.8 Å². The van der Waals surface area contributed by atoms with E-state index in [1.807, 2.05) is 0 Å². The number of aryl methyl sites for hydroxylation is 1. The Morgan fingerprint density at radius 2 is 2.12 bits per heavy atom. The highest BCUT2D eigenvalue weighted by Gasteiger charge is 2.29. The summed E-state index contributed by atoms with van der Waals surface area (Å²) in [6.45, 7) is 1.32. The summed E-state index contributed by atoms with van der Waals surface area (Å²) < 4.78 is 1.29. The molecule has 16 heavy (non-hydrogen) atoms. The lowest BCUT2D eigenvalue weighted by Gasteiger charge is -2.12. The minimum atomic E-state index is -0.573. The fraction of sp³-hybridized carbons (Fsp3) is 0.556. The van der Waals surface area contributed by atoms with Crippen LogP contribution in [0.4, 0.5) is 5.69 Å². The number of rotatable bonds is 2. The number of nitrogens with zero attached hydrogens (tertiary/aromatic N) is 4. The maximum absolute atomic E-state index is 11.9. The molecule has 1 fully saturated rings. The predicted octanol–water partition coefficient (Wildman–Crippen LogP) is 0.564. The van der Waals surface area contributed by atoms with Crippen molar-refractivity contribution >= 4 is 11.6 Å². The van der Waals surface area contributed by atoms with Gasteiger partial charge in [-0.05, 0) is 12.8 Å². The molecule has 0 saturated carbocycles. The Morgan fingerprint density at radius 3 is 2.69 bits per heavy atom. The average Bonchev–Trinajstić information content (AvgIpc) is 2.84.